The fraction of sp³-hybridized carbons (Fsp3) is 0.417. The van der Waals surface area contributed by atoms with Crippen molar-refractivity contribution in [1.82, 2.24) is 9.88 Å². The predicted molar refractivity (Wildman–Crippen MR) is 131 cm³/mol. The number of nitrogens with two attached hydrogens (primary N) is 1. The highest BCUT2D eigenvalue weighted by Crippen LogP contribution is 2.36. The SMILES string of the molecule is CCOC(=O)c1c(C)[nH]c(/C=C2\C(=O)Nc3ccc(S(N)(=O)=O)cc32)c1CCCN1CCOCC1. The first kappa shape index (κ1) is 25.1. The molecule has 2 aliphatic heterocycles. The lowest BCUT2D eigenvalue weighted by Crippen LogP contribution is -2.37. The Balaban J connectivity index is 1.71. The zero-order chi connectivity index (χ0) is 25.2. The molecular weight excluding hydrogens is 472 g/mol. The number of benzene rings is 1. The van der Waals surface area contributed by atoms with Crippen LogP contribution in [0.1, 0.15) is 46.2 Å². The molecule has 4 rings (SSSR count). The number of nitrogens with one attached hydrogen (secondary N) is 2. The third kappa shape index (κ3) is 5.48. The summed E-state index contributed by atoms with van der Waals surface area (Å²) < 4.78 is 34.4. The van der Waals surface area contributed by atoms with Crippen LogP contribution in [0.4, 0.5) is 5.69 Å². The summed E-state index contributed by atoms with van der Waals surface area (Å²) in [5.41, 5.74) is 3.72. The van der Waals surface area contributed by atoms with Gasteiger partial charge in [0.15, 0.2) is 0 Å². The van der Waals surface area contributed by atoms with Crippen LogP contribution in [0.25, 0.3) is 11.6 Å². The van der Waals surface area contributed by atoms with E-state index in [0.717, 1.165) is 31.6 Å². The Labute approximate surface area is 204 Å². The number of nitrogens with zero attached hydrogens (tertiary/aromatic N) is 1. The molecule has 35 heavy (non-hydrogen) atoms. The Bertz CT molecular complexity index is 1280. The van der Waals surface area contributed by atoms with E-state index < -0.39 is 16.0 Å². The Hall–Kier alpha value is -2.99. The summed E-state index contributed by atoms with van der Waals surface area (Å²) >= 11 is 0. The average Bonchev–Trinajstić information content (AvgIpc) is 3.29. The smallest absolute Gasteiger partial charge is 0.340 e. The second kappa shape index (κ2) is 10.3. The lowest BCUT2D eigenvalue weighted by molar-refractivity contribution is -0.110. The van der Waals surface area contributed by atoms with Crippen molar-refractivity contribution in [3.05, 3.63) is 46.3 Å². The summed E-state index contributed by atoms with van der Waals surface area (Å²) in [6, 6.07) is 4.25. The summed E-state index contributed by atoms with van der Waals surface area (Å²) in [7, 11) is -3.94. The molecule has 0 unspecified atom stereocenters. The highest BCUT2D eigenvalue weighted by molar-refractivity contribution is 7.89. The summed E-state index contributed by atoms with van der Waals surface area (Å²) in [6.07, 6.45) is 3.06. The second-order valence-corrected chi connectivity index (χ2v) is 10.1. The van der Waals surface area contributed by atoms with Crippen LogP contribution in [0, 0.1) is 6.92 Å². The van der Waals surface area contributed by atoms with E-state index in [-0.39, 0.29) is 23.0 Å². The van der Waals surface area contributed by atoms with E-state index in [4.69, 9.17) is 14.6 Å². The van der Waals surface area contributed by atoms with Gasteiger partial charge in [0.2, 0.25) is 10.0 Å². The van der Waals surface area contributed by atoms with Gasteiger partial charge in [0.1, 0.15) is 0 Å². The molecule has 0 radical (unpaired) electrons. The normalized spacial score (nSPS) is 17.5. The van der Waals surface area contributed by atoms with E-state index in [1.54, 1.807) is 19.9 Å². The Morgan fingerprint density at radius 3 is 2.71 bits per heavy atom. The zero-order valence-electron chi connectivity index (χ0n) is 19.8. The number of fused-ring (bicyclic) bond motifs is 1. The lowest BCUT2D eigenvalue weighted by atomic mass is 10.00. The molecule has 3 heterocycles. The first-order chi connectivity index (χ1) is 16.7. The molecule has 1 fully saturated rings. The largest absolute Gasteiger partial charge is 0.462 e. The minimum absolute atomic E-state index is 0.0840. The van der Waals surface area contributed by atoms with Crippen LogP contribution in [0.5, 0.6) is 0 Å². The average molecular weight is 503 g/mol. The number of aromatic nitrogens is 1. The van der Waals surface area contributed by atoms with Gasteiger partial charge in [-0.1, -0.05) is 0 Å². The van der Waals surface area contributed by atoms with Crippen molar-refractivity contribution in [2.24, 2.45) is 5.14 Å². The van der Waals surface area contributed by atoms with Crippen molar-refractivity contribution in [2.75, 3.05) is 44.8 Å². The molecular formula is C24H30N4O6S. The van der Waals surface area contributed by atoms with E-state index in [2.05, 4.69) is 15.2 Å². The molecule has 11 heteroatoms. The number of anilines is 1. The van der Waals surface area contributed by atoms with Gasteiger partial charge >= 0.3 is 5.97 Å². The minimum Gasteiger partial charge on any atom is -0.462 e. The van der Waals surface area contributed by atoms with Gasteiger partial charge in [-0.05, 0) is 63.1 Å². The van der Waals surface area contributed by atoms with Crippen LogP contribution in [-0.4, -0.2) is 69.6 Å². The quantitative estimate of drug-likeness (QED) is 0.369. The van der Waals surface area contributed by atoms with Gasteiger partial charge in [0.05, 0.1) is 35.9 Å². The number of sulfonamides is 1. The predicted octanol–water partition coefficient (Wildman–Crippen LogP) is 1.90. The van der Waals surface area contributed by atoms with E-state index in [1.807, 2.05) is 0 Å². The van der Waals surface area contributed by atoms with E-state index in [1.165, 1.54) is 18.2 Å². The van der Waals surface area contributed by atoms with Gasteiger partial charge < -0.3 is 19.8 Å². The highest BCUT2D eigenvalue weighted by Gasteiger charge is 2.28. The molecule has 2 aromatic rings. The Morgan fingerprint density at radius 1 is 1.29 bits per heavy atom. The van der Waals surface area contributed by atoms with Crippen molar-refractivity contribution < 1.29 is 27.5 Å². The first-order valence-electron chi connectivity index (χ1n) is 11.6. The standard InChI is InChI=1S/C24H30N4O6S/c1-3-34-24(30)22-15(2)26-21(17(22)5-4-8-28-9-11-33-12-10-28)14-19-18-13-16(35(25,31)32)6-7-20(18)27-23(19)29/h6-7,13-14,26H,3-5,8-12H2,1-2H3,(H,27,29)(H2,25,31,32)/b19-14-. The van der Waals surface area contributed by atoms with E-state index in [9.17, 15) is 18.0 Å². The number of aryl methyl sites for hydroxylation is 1. The van der Waals surface area contributed by atoms with E-state index >= 15 is 0 Å². The molecule has 1 amide bonds. The summed E-state index contributed by atoms with van der Waals surface area (Å²) in [5.74, 6) is -0.782. The molecule has 1 saturated heterocycles. The van der Waals surface area contributed by atoms with Gasteiger partial charge in [0, 0.05) is 35.7 Å². The Kier molecular flexibility index (Phi) is 7.41. The molecule has 4 N–H and O–H groups in total. The fourth-order valence-corrected chi connectivity index (χ4v) is 5.04. The van der Waals surface area contributed by atoms with Gasteiger partial charge in [0.25, 0.3) is 5.91 Å². The van der Waals surface area contributed by atoms with Crippen LogP contribution in [0.2, 0.25) is 0 Å². The van der Waals surface area contributed by atoms with Crippen LogP contribution >= 0.6 is 0 Å². The summed E-state index contributed by atoms with van der Waals surface area (Å²) in [4.78, 5) is 31.0. The number of ether oxygens (including phenoxy) is 2. The van der Waals surface area contributed by atoms with Gasteiger partial charge in [-0.15, -0.1) is 0 Å². The monoisotopic (exact) mass is 502 g/mol. The number of hydrogen-bond donors (Lipinski definition) is 3. The van der Waals surface area contributed by atoms with Crippen molar-refractivity contribution in [3.8, 4) is 0 Å². The molecule has 10 nitrogen and oxygen atoms in total. The number of amides is 1. The number of morpholine rings is 1. The van der Waals surface area contributed by atoms with Crippen LogP contribution in [0.3, 0.4) is 0 Å². The van der Waals surface area contributed by atoms with Crippen LogP contribution in [0.15, 0.2) is 23.1 Å². The highest BCUT2D eigenvalue weighted by atomic mass is 32.2. The van der Waals surface area contributed by atoms with Crippen molar-refractivity contribution >= 4 is 39.2 Å². The van der Waals surface area contributed by atoms with Crippen LogP contribution in [-0.2, 0) is 30.7 Å². The van der Waals surface area contributed by atoms with Crippen molar-refractivity contribution in [2.45, 2.75) is 31.6 Å². The maximum atomic E-state index is 12.8. The van der Waals surface area contributed by atoms with Gasteiger partial charge in [-0.3, -0.25) is 9.69 Å². The Morgan fingerprint density at radius 2 is 2.03 bits per heavy atom. The molecule has 0 spiro atoms. The number of carbonyl (C=O) groups excluding carboxylic acids is 2. The molecule has 2 aliphatic rings. The van der Waals surface area contributed by atoms with Gasteiger partial charge in [-0.2, -0.15) is 0 Å². The molecule has 0 atom stereocenters. The number of primary sulfonamides is 1. The van der Waals surface area contributed by atoms with Crippen LogP contribution < -0.4 is 10.5 Å². The molecule has 0 bridgehead atoms. The third-order valence-electron chi connectivity index (χ3n) is 6.20. The zero-order valence-corrected chi connectivity index (χ0v) is 20.7. The fourth-order valence-electron chi connectivity index (χ4n) is 4.50. The number of H-pyrrole nitrogens is 1. The molecule has 0 saturated carbocycles. The molecule has 188 valence electrons. The number of hydrogen-bond acceptors (Lipinski definition) is 7. The topological polar surface area (TPSA) is 144 Å². The van der Waals surface area contributed by atoms with Crippen molar-refractivity contribution in [3.63, 3.8) is 0 Å². The third-order valence-corrected chi connectivity index (χ3v) is 7.11. The van der Waals surface area contributed by atoms with E-state index in [0.29, 0.717) is 47.8 Å². The van der Waals surface area contributed by atoms with Crippen molar-refractivity contribution in [1.29, 1.82) is 0 Å². The molecule has 1 aromatic carbocycles. The molecule has 0 aliphatic carbocycles. The first-order valence-corrected chi connectivity index (χ1v) is 13.1. The maximum Gasteiger partial charge on any atom is 0.340 e. The summed E-state index contributed by atoms with van der Waals surface area (Å²) in [5, 5.41) is 8.04. The lowest BCUT2D eigenvalue weighted by Gasteiger charge is -2.26. The minimum atomic E-state index is -3.94. The number of carbonyl (C=O) groups is 2. The summed E-state index contributed by atoms with van der Waals surface area (Å²) in [6.45, 7) is 7.82. The number of aromatic amines is 1. The second-order valence-electron chi connectivity index (χ2n) is 8.56. The maximum absolute atomic E-state index is 12.8. The number of esters is 1. The van der Waals surface area contributed by atoms with Gasteiger partial charge in [-0.25, -0.2) is 18.4 Å². The molecule has 1 aromatic heterocycles. The number of rotatable bonds is 8.